The highest BCUT2D eigenvalue weighted by Crippen LogP contribution is 2.21. The fourth-order valence-electron chi connectivity index (χ4n) is 1.22. The fourth-order valence-corrected chi connectivity index (χ4v) is 1.45. The van der Waals surface area contributed by atoms with Gasteiger partial charge in [-0.2, -0.15) is 5.26 Å². The summed E-state index contributed by atoms with van der Waals surface area (Å²) in [7, 11) is 0. The third kappa shape index (κ3) is 0.956. The van der Waals surface area contributed by atoms with E-state index in [2.05, 4.69) is 11.1 Å². The van der Waals surface area contributed by atoms with Gasteiger partial charge in [-0.15, -0.1) is 0 Å². The van der Waals surface area contributed by atoms with Crippen molar-refractivity contribution < 1.29 is 0 Å². The molecule has 1 N–H and O–H groups in total. The molecule has 0 bridgehead atoms. The first-order chi connectivity index (χ1) is 5.81. The molecular weight excluding hydrogens is 172 g/mol. The molecule has 0 fully saturated rings. The first-order valence-electron chi connectivity index (χ1n) is 3.48. The van der Waals surface area contributed by atoms with Gasteiger partial charge in [-0.05, 0) is 18.2 Å². The van der Waals surface area contributed by atoms with Crippen LogP contribution in [0.15, 0.2) is 24.4 Å². The first kappa shape index (κ1) is 7.20. The highest BCUT2D eigenvalue weighted by Gasteiger charge is 2.02. The fraction of sp³-hybridized carbons (Fsp3) is 0. The van der Waals surface area contributed by atoms with Gasteiger partial charge in [0.05, 0.1) is 11.1 Å². The Morgan fingerprint density at radius 1 is 1.42 bits per heavy atom. The maximum Gasteiger partial charge on any atom is 0.101 e. The van der Waals surface area contributed by atoms with Crippen LogP contribution >= 0.6 is 11.6 Å². The molecule has 0 spiro atoms. The molecule has 0 unspecified atom stereocenters. The van der Waals surface area contributed by atoms with Crippen molar-refractivity contribution in [2.45, 2.75) is 0 Å². The van der Waals surface area contributed by atoms with E-state index in [1.165, 1.54) is 0 Å². The lowest BCUT2D eigenvalue weighted by molar-refractivity contribution is 1.44. The quantitative estimate of drug-likeness (QED) is 0.659. The molecule has 3 heteroatoms. The number of nitriles is 1. The normalized spacial score (nSPS) is 10.0. The Bertz CT molecular complexity index is 465. The Hall–Kier alpha value is -1.46. The second-order valence-corrected chi connectivity index (χ2v) is 2.94. The molecule has 0 saturated carbocycles. The molecule has 2 rings (SSSR count). The molecule has 0 amide bonds. The predicted octanol–water partition coefficient (Wildman–Crippen LogP) is 2.69. The number of fused-ring (bicyclic) bond motifs is 1. The maximum absolute atomic E-state index is 8.75. The van der Waals surface area contributed by atoms with Crippen LogP contribution in [0.1, 0.15) is 5.56 Å². The predicted molar refractivity (Wildman–Crippen MR) is 48.0 cm³/mol. The zero-order valence-corrected chi connectivity index (χ0v) is 6.89. The van der Waals surface area contributed by atoms with Gasteiger partial charge in [-0.3, -0.25) is 0 Å². The van der Waals surface area contributed by atoms with Crippen LogP contribution in [0, 0.1) is 11.3 Å². The zero-order chi connectivity index (χ0) is 8.55. The van der Waals surface area contributed by atoms with Crippen molar-refractivity contribution in [1.29, 1.82) is 5.26 Å². The Morgan fingerprint density at radius 3 is 3.00 bits per heavy atom. The highest BCUT2D eigenvalue weighted by atomic mass is 35.5. The number of benzene rings is 1. The first-order valence-corrected chi connectivity index (χ1v) is 3.86. The van der Waals surface area contributed by atoms with Crippen LogP contribution in [0.2, 0.25) is 5.02 Å². The van der Waals surface area contributed by atoms with E-state index in [1.54, 1.807) is 12.3 Å². The minimum absolute atomic E-state index is 0.586. The largest absolute Gasteiger partial charge is 0.360 e. The Kier molecular flexibility index (Phi) is 1.53. The molecule has 1 aromatic heterocycles. The van der Waals surface area contributed by atoms with Crippen molar-refractivity contribution in [2.75, 3.05) is 0 Å². The van der Waals surface area contributed by atoms with E-state index < -0.39 is 0 Å². The monoisotopic (exact) mass is 176 g/mol. The molecule has 0 saturated heterocycles. The highest BCUT2D eigenvalue weighted by molar-refractivity contribution is 6.31. The van der Waals surface area contributed by atoms with Crippen molar-refractivity contribution in [2.24, 2.45) is 0 Å². The summed E-state index contributed by atoms with van der Waals surface area (Å²) in [5.41, 5.74) is 1.43. The van der Waals surface area contributed by atoms with E-state index in [0.717, 1.165) is 10.9 Å². The van der Waals surface area contributed by atoms with Crippen LogP contribution in [0.4, 0.5) is 0 Å². The number of nitrogens with zero attached hydrogens (tertiary/aromatic N) is 1. The SMILES string of the molecule is N#Cc1cc(Cl)cc2cc[nH]c12. The number of hydrogen-bond donors (Lipinski definition) is 1. The van der Waals surface area contributed by atoms with E-state index in [-0.39, 0.29) is 0 Å². The van der Waals surface area contributed by atoms with E-state index >= 15 is 0 Å². The number of halogens is 1. The van der Waals surface area contributed by atoms with Crippen molar-refractivity contribution in [3.63, 3.8) is 0 Å². The second kappa shape index (κ2) is 2.54. The second-order valence-electron chi connectivity index (χ2n) is 2.51. The summed E-state index contributed by atoms with van der Waals surface area (Å²) in [6, 6.07) is 7.45. The number of H-pyrrole nitrogens is 1. The topological polar surface area (TPSA) is 39.6 Å². The summed E-state index contributed by atoms with van der Waals surface area (Å²) in [6.07, 6.45) is 1.79. The smallest absolute Gasteiger partial charge is 0.101 e. The molecule has 2 nitrogen and oxygen atoms in total. The average molecular weight is 177 g/mol. The molecule has 1 aromatic carbocycles. The van der Waals surface area contributed by atoms with Gasteiger partial charge in [-0.1, -0.05) is 11.6 Å². The number of hydrogen-bond acceptors (Lipinski definition) is 1. The molecule has 0 radical (unpaired) electrons. The van der Waals surface area contributed by atoms with E-state index in [1.807, 2.05) is 12.1 Å². The van der Waals surface area contributed by atoms with Gasteiger partial charge in [0.2, 0.25) is 0 Å². The summed E-state index contributed by atoms with van der Waals surface area (Å²) in [5.74, 6) is 0. The summed E-state index contributed by atoms with van der Waals surface area (Å²) in [6.45, 7) is 0. The Labute approximate surface area is 74.4 Å². The van der Waals surface area contributed by atoms with E-state index in [9.17, 15) is 0 Å². The zero-order valence-electron chi connectivity index (χ0n) is 6.13. The molecule has 1 heterocycles. The average Bonchev–Trinajstić information content (AvgIpc) is 2.50. The van der Waals surface area contributed by atoms with Crippen molar-refractivity contribution in [1.82, 2.24) is 4.98 Å². The van der Waals surface area contributed by atoms with Crippen LogP contribution in [0.3, 0.4) is 0 Å². The van der Waals surface area contributed by atoms with Crippen LogP contribution in [0.25, 0.3) is 10.9 Å². The van der Waals surface area contributed by atoms with Crippen molar-refractivity contribution in [3.05, 3.63) is 35.0 Å². The molecular formula is C9H5ClN2. The van der Waals surface area contributed by atoms with Gasteiger partial charge in [-0.25, -0.2) is 0 Å². The van der Waals surface area contributed by atoms with Gasteiger partial charge < -0.3 is 4.98 Å². The lowest BCUT2D eigenvalue weighted by Gasteiger charge is -1.94. The minimum atomic E-state index is 0.586. The third-order valence-electron chi connectivity index (χ3n) is 1.74. The molecule has 58 valence electrons. The summed E-state index contributed by atoms with van der Waals surface area (Å²) in [4.78, 5) is 2.99. The molecule has 0 aliphatic carbocycles. The number of aromatic nitrogens is 1. The molecule has 0 aliphatic rings. The number of nitrogens with one attached hydrogen (secondary N) is 1. The van der Waals surface area contributed by atoms with Gasteiger partial charge in [0.25, 0.3) is 0 Å². The molecule has 2 aromatic rings. The summed E-state index contributed by atoms with van der Waals surface area (Å²) < 4.78 is 0. The van der Waals surface area contributed by atoms with Crippen molar-refractivity contribution in [3.8, 4) is 6.07 Å². The van der Waals surface area contributed by atoms with Gasteiger partial charge >= 0.3 is 0 Å². The molecule has 0 atom stereocenters. The Balaban J connectivity index is 2.91. The molecule has 12 heavy (non-hydrogen) atoms. The lowest BCUT2D eigenvalue weighted by atomic mass is 10.2. The van der Waals surface area contributed by atoms with Crippen LogP contribution < -0.4 is 0 Å². The summed E-state index contributed by atoms with van der Waals surface area (Å²) in [5, 5.41) is 10.3. The van der Waals surface area contributed by atoms with Crippen LogP contribution in [0.5, 0.6) is 0 Å². The third-order valence-corrected chi connectivity index (χ3v) is 1.96. The summed E-state index contributed by atoms with van der Waals surface area (Å²) >= 11 is 5.79. The number of aromatic amines is 1. The van der Waals surface area contributed by atoms with Gasteiger partial charge in [0.1, 0.15) is 6.07 Å². The van der Waals surface area contributed by atoms with Gasteiger partial charge in [0.15, 0.2) is 0 Å². The minimum Gasteiger partial charge on any atom is -0.360 e. The Morgan fingerprint density at radius 2 is 2.25 bits per heavy atom. The van der Waals surface area contributed by atoms with Crippen LogP contribution in [-0.2, 0) is 0 Å². The standard InChI is InChI=1S/C9H5ClN2/c10-8-3-6-1-2-12-9(6)7(4-8)5-11/h1-4,12H. The van der Waals surface area contributed by atoms with Crippen LogP contribution in [-0.4, -0.2) is 4.98 Å². The number of rotatable bonds is 0. The van der Waals surface area contributed by atoms with E-state index in [4.69, 9.17) is 16.9 Å². The van der Waals surface area contributed by atoms with E-state index in [0.29, 0.717) is 10.6 Å². The lowest BCUT2D eigenvalue weighted by Crippen LogP contribution is -1.77. The molecule has 0 aliphatic heterocycles. The van der Waals surface area contributed by atoms with Crippen molar-refractivity contribution >= 4 is 22.5 Å². The van der Waals surface area contributed by atoms with Gasteiger partial charge in [0, 0.05) is 16.6 Å². The maximum atomic E-state index is 8.75.